The van der Waals surface area contributed by atoms with E-state index in [0.717, 1.165) is 5.69 Å². The summed E-state index contributed by atoms with van der Waals surface area (Å²) in [4.78, 5) is 36.0. The van der Waals surface area contributed by atoms with E-state index in [2.05, 4.69) is 20.2 Å². The van der Waals surface area contributed by atoms with Gasteiger partial charge in [-0.1, -0.05) is 12.8 Å². The summed E-state index contributed by atoms with van der Waals surface area (Å²) in [7, 11) is 0. The lowest BCUT2D eigenvalue weighted by atomic mass is 9.54. The molecule has 1 saturated heterocycles. The second kappa shape index (κ2) is 9.40. The fourth-order valence-electron chi connectivity index (χ4n) is 7.22. The summed E-state index contributed by atoms with van der Waals surface area (Å²) in [5.41, 5.74) is 4.16. The van der Waals surface area contributed by atoms with Crippen LogP contribution < -0.4 is 5.73 Å². The minimum atomic E-state index is -1.42. The third kappa shape index (κ3) is 3.92. The Kier molecular flexibility index (Phi) is 6.52. The van der Waals surface area contributed by atoms with Gasteiger partial charge in [0.15, 0.2) is 5.69 Å². The number of carbonyl (C=O) groups excluding carboxylic acids is 2. The topological polar surface area (TPSA) is 118 Å². The number of amides is 2. The molecule has 200 valence electrons. The monoisotopic (exact) mass is 518 g/mol. The number of aryl methyl sites for hydroxylation is 1. The molecule has 0 radical (unpaired) electrons. The van der Waals surface area contributed by atoms with E-state index in [4.69, 9.17) is 5.73 Å². The molecule has 2 aliphatic carbocycles. The standard InChI is InChI=1S/C26H33F3N6O2/c1-16-8-18(32-15-31-16)19-9-20(34-33-19)23(37)35-7-4-17(22(30)36)10-26(35)11-21(26)25(14-29)6-3-2-5-24(25,12-27)13-28/h8-9,15,17,21H,2-7,10-14H2,1H3,(H2,30,36)(H,33,34). The summed E-state index contributed by atoms with van der Waals surface area (Å²) in [5, 5.41) is 7.07. The highest BCUT2D eigenvalue weighted by Crippen LogP contribution is 2.70. The molecule has 8 nitrogen and oxygen atoms in total. The number of rotatable bonds is 7. The van der Waals surface area contributed by atoms with Crippen molar-refractivity contribution in [3.05, 3.63) is 29.8 Å². The molecule has 3 N–H and O–H groups in total. The van der Waals surface area contributed by atoms with E-state index >= 15 is 4.39 Å². The van der Waals surface area contributed by atoms with Gasteiger partial charge in [-0.15, -0.1) is 0 Å². The van der Waals surface area contributed by atoms with Crippen LogP contribution in [0, 0.1) is 29.6 Å². The van der Waals surface area contributed by atoms with Crippen LogP contribution in [0.2, 0.25) is 0 Å². The summed E-state index contributed by atoms with van der Waals surface area (Å²) >= 11 is 0. The number of piperidine rings is 1. The van der Waals surface area contributed by atoms with Crippen molar-refractivity contribution in [1.82, 2.24) is 25.1 Å². The minimum Gasteiger partial charge on any atom is -0.369 e. The Bertz CT molecular complexity index is 1190. The van der Waals surface area contributed by atoms with Crippen molar-refractivity contribution in [2.24, 2.45) is 28.4 Å². The SMILES string of the molecule is Cc1cc(-c2cc(C(=O)N3CCC(C(N)=O)CC34CC4C3(CF)CCCCC3(CF)CF)n[nH]2)ncn1. The van der Waals surface area contributed by atoms with Gasteiger partial charge in [-0.3, -0.25) is 27.9 Å². The molecule has 4 unspecified atom stereocenters. The molecule has 1 aliphatic heterocycles. The van der Waals surface area contributed by atoms with Gasteiger partial charge in [0.2, 0.25) is 5.91 Å². The maximum absolute atomic E-state index is 15.0. The van der Waals surface area contributed by atoms with Crippen molar-refractivity contribution in [3.63, 3.8) is 0 Å². The van der Waals surface area contributed by atoms with E-state index in [9.17, 15) is 18.4 Å². The van der Waals surface area contributed by atoms with Gasteiger partial charge >= 0.3 is 0 Å². The zero-order valence-corrected chi connectivity index (χ0v) is 21.0. The Morgan fingerprint density at radius 1 is 1.11 bits per heavy atom. The zero-order chi connectivity index (χ0) is 26.4. The number of nitrogens with one attached hydrogen (secondary N) is 1. The fraction of sp³-hybridized carbons (Fsp3) is 0.654. The molecule has 2 aromatic rings. The maximum atomic E-state index is 15.0. The number of nitrogens with zero attached hydrogens (tertiary/aromatic N) is 4. The van der Waals surface area contributed by atoms with Crippen LogP contribution in [0.5, 0.6) is 0 Å². The van der Waals surface area contributed by atoms with Gasteiger partial charge in [0.1, 0.15) is 6.33 Å². The highest BCUT2D eigenvalue weighted by Gasteiger charge is 2.73. The highest BCUT2D eigenvalue weighted by molar-refractivity contribution is 5.94. The smallest absolute Gasteiger partial charge is 0.274 e. The van der Waals surface area contributed by atoms with Gasteiger partial charge in [-0.05, 0) is 57.1 Å². The molecule has 1 spiro atoms. The Hall–Kier alpha value is -2.98. The molecule has 2 saturated carbocycles. The number of aromatic nitrogens is 4. The van der Waals surface area contributed by atoms with Gasteiger partial charge in [-0.2, -0.15) is 5.10 Å². The molecular weight excluding hydrogens is 485 g/mol. The van der Waals surface area contributed by atoms with Crippen molar-refractivity contribution in [1.29, 1.82) is 0 Å². The molecule has 4 atom stereocenters. The first-order chi connectivity index (χ1) is 17.8. The van der Waals surface area contributed by atoms with Crippen LogP contribution in [0.3, 0.4) is 0 Å². The lowest BCUT2D eigenvalue weighted by molar-refractivity contribution is -0.125. The van der Waals surface area contributed by atoms with Crippen LogP contribution in [-0.4, -0.2) is 69.0 Å². The first-order valence-electron chi connectivity index (χ1n) is 12.9. The largest absolute Gasteiger partial charge is 0.369 e. The fourth-order valence-corrected chi connectivity index (χ4v) is 7.22. The molecule has 3 fully saturated rings. The zero-order valence-electron chi connectivity index (χ0n) is 21.0. The van der Waals surface area contributed by atoms with Gasteiger partial charge in [0.25, 0.3) is 5.91 Å². The van der Waals surface area contributed by atoms with E-state index in [-0.39, 0.29) is 31.0 Å². The summed E-state index contributed by atoms with van der Waals surface area (Å²) in [6.07, 6.45) is 4.38. The number of hydrogen-bond donors (Lipinski definition) is 2. The number of hydrogen-bond acceptors (Lipinski definition) is 5. The normalized spacial score (nSPS) is 30.9. The third-order valence-corrected chi connectivity index (χ3v) is 9.41. The number of halogens is 3. The predicted octanol–water partition coefficient (Wildman–Crippen LogP) is 3.73. The number of aromatic amines is 1. The Balaban J connectivity index is 1.50. The lowest BCUT2D eigenvalue weighted by Gasteiger charge is -2.53. The highest BCUT2D eigenvalue weighted by atomic mass is 19.1. The van der Waals surface area contributed by atoms with E-state index in [1.807, 2.05) is 6.92 Å². The van der Waals surface area contributed by atoms with E-state index < -0.39 is 54.1 Å². The lowest BCUT2D eigenvalue weighted by Crippen LogP contribution is -2.57. The van der Waals surface area contributed by atoms with E-state index in [0.29, 0.717) is 43.5 Å². The van der Waals surface area contributed by atoms with Crippen molar-refractivity contribution in [2.75, 3.05) is 26.6 Å². The molecule has 37 heavy (non-hydrogen) atoms. The molecule has 0 bridgehead atoms. The first-order valence-corrected chi connectivity index (χ1v) is 12.9. The summed E-state index contributed by atoms with van der Waals surface area (Å²) in [6.45, 7) is -0.703. The second-order valence-corrected chi connectivity index (χ2v) is 11.2. The van der Waals surface area contributed by atoms with Crippen molar-refractivity contribution in [2.45, 2.75) is 57.4 Å². The Morgan fingerprint density at radius 2 is 1.86 bits per heavy atom. The van der Waals surface area contributed by atoms with Crippen LogP contribution in [0.1, 0.15) is 61.1 Å². The van der Waals surface area contributed by atoms with Crippen molar-refractivity contribution >= 4 is 11.8 Å². The van der Waals surface area contributed by atoms with E-state index in [1.165, 1.54) is 6.33 Å². The molecule has 0 aromatic carbocycles. The Labute approximate surface area is 213 Å². The first kappa shape index (κ1) is 25.7. The van der Waals surface area contributed by atoms with Crippen LogP contribution in [-0.2, 0) is 4.79 Å². The molecule has 11 heteroatoms. The number of H-pyrrole nitrogens is 1. The van der Waals surface area contributed by atoms with Crippen LogP contribution >= 0.6 is 0 Å². The van der Waals surface area contributed by atoms with Crippen LogP contribution in [0.4, 0.5) is 13.2 Å². The molecule has 2 amide bonds. The Morgan fingerprint density at radius 3 is 2.54 bits per heavy atom. The van der Waals surface area contributed by atoms with Crippen molar-refractivity contribution < 1.29 is 22.8 Å². The van der Waals surface area contributed by atoms with Gasteiger partial charge in [0.05, 0.1) is 31.4 Å². The van der Waals surface area contributed by atoms with Gasteiger partial charge < -0.3 is 10.6 Å². The third-order valence-electron chi connectivity index (χ3n) is 9.41. The number of primary amides is 1. The van der Waals surface area contributed by atoms with E-state index in [1.54, 1.807) is 17.0 Å². The summed E-state index contributed by atoms with van der Waals surface area (Å²) in [6, 6.07) is 3.37. The number of carbonyl (C=O) groups is 2. The second-order valence-electron chi connectivity index (χ2n) is 11.2. The average Bonchev–Trinajstić information content (AvgIpc) is 3.39. The number of nitrogens with two attached hydrogens (primary N) is 1. The average molecular weight is 519 g/mol. The van der Waals surface area contributed by atoms with Crippen LogP contribution in [0.25, 0.3) is 11.4 Å². The molecular formula is C26H33F3N6O2. The molecule has 3 aliphatic rings. The maximum Gasteiger partial charge on any atom is 0.274 e. The number of alkyl halides is 3. The molecule has 2 aromatic heterocycles. The van der Waals surface area contributed by atoms with Gasteiger partial charge in [-0.25, -0.2) is 9.97 Å². The van der Waals surface area contributed by atoms with Gasteiger partial charge in [0, 0.05) is 34.5 Å². The summed E-state index contributed by atoms with van der Waals surface area (Å²) < 4.78 is 44.0. The quantitative estimate of drug-likeness (QED) is 0.579. The molecule has 5 rings (SSSR count). The molecule has 3 heterocycles. The minimum absolute atomic E-state index is 0.161. The van der Waals surface area contributed by atoms with Crippen molar-refractivity contribution in [3.8, 4) is 11.4 Å². The predicted molar refractivity (Wildman–Crippen MR) is 129 cm³/mol. The number of likely N-dealkylation sites (tertiary alicyclic amines) is 1. The summed E-state index contributed by atoms with van der Waals surface area (Å²) in [5.74, 6) is -1.79. The van der Waals surface area contributed by atoms with Crippen LogP contribution in [0.15, 0.2) is 18.5 Å².